The van der Waals surface area contributed by atoms with Crippen LogP contribution in [0.4, 0.5) is 5.69 Å². The summed E-state index contributed by atoms with van der Waals surface area (Å²) in [5.41, 5.74) is -0.297. The number of unbranched alkanes of at least 4 members (excludes halogenated alkanes) is 7. The highest BCUT2D eigenvalue weighted by Gasteiger charge is 2.13. The second kappa shape index (κ2) is 10.0. The Bertz CT molecular complexity index is 434. The van der Waals surface area contributed by atoms with E-state index in [4.69, 9.17) is 4.74 Å². The van der Waals surface area contributed by atoms with Crippen LogP contribution in [0.15, 0.2) is 18.2 Å². The quantitative estimate of drug-likeness (QED) is 0.361. The van der Waals surface area contributed by atoms with Crippen LogP contribution in [0.25, 0.3) is 0 Å². The van der Waals surface area contributed by atoms with Gasteiger partial charge in [0.1, 0.15) is 5.75 Å². The van der Waals surface area contributed by atoms with Crippen LogP contribution in [0.5, 0.6) is 11.5 Å². The second-order valence-electron chi connectivity index (χ2n) is 5.23. The molecule has 5 nitrogen and oxygen atoms in total. The molecule has 0 spiro atoms. The molecular weight excluding hydrogens is 270 g/mol. The maximum atomic E-state index is 10.6. The minimum Gasteiger partial charge on any atom is -0.502 e. The van der Waals surface area contributed by atoms with E-state index >= 15 is 0 Å². The van der Waals surface area contributed by atoms with E-state index in [2.05, 4.69) is 6.92 Å². The summed E-state index contributed by atoms with van der Waals surface area (Å²) >= 11 is 0. The van der Waals surface area contributed by atoms with Crippen LogP contribution >= 0.6 is 0 Å². The maximum absolute atomic E-state index is 10.6. The number of phenolic OH excluding ortho intramolecular Hbond substituents is 1. The Hall–Kier alpha value is -1.78. The molecular formula is C16H25NO4. The Kier molecular flexibility index (Phi) is 8.24. The lowest BCUT2D eigenvalue weighted by atomic mass is 10.1. The van der Waals surface area contributed by atoms with E-state index < -0.39 is 4.92 Å². The SMILES string of the molecule is CCCCCCCCCCOc1ccc([N+](=O)[O-])c(O)c1. The molecule has 118 valence electrons. The van der Waals surface area contributed by atoms with Crippen LogP contribution in [0.2, 0.25) is 0 Å². The normalized spacial score (nSPS) is 10.5. The van der Waals surface area contributed by atoms with Gasteiger partial charge in [0, 0.05) is 12.1 Å². The lowest BCUT2D eigenvalue weighted by Gasteiger charge is -2.06. The molecule has 0 fully saturated rings. The molecule has 0 aliphatic rings. The molecule has 1 aromatic rings. The highest BCUT2D eigenvalue weighted by molar-refractivity contribution is 5.49. The molecule has 21 heavy (non-hydrogen) atoms. The van der Waals surface area contributed by atoms with Crippen molar-refractivity contribution in [1.29, 1.82) is 0 Å². The van der Waals surface area contributed by atoms with Gasteiger partial charge in [-0.05, 0) is 12.5 Å². The number of benzene rings is 1. The number of phenols is 1. The number of nitrogens with zero attached hydrogens (tertiary/aromatic N) is 1. The van der Waals surface area contributed by atoms with Crippen molar-refractivity contribution in [3.63, 3.8) is 0 Å². The molecule has 1 N–H and O–H groups in total. The summed E-state index contributed by atoms with van der Waals surface area (Å²) in [6.45, 7) is 2.79. The van der Waals surface area contributed by atoms with Crippen molar-refractivity contribution in [2.75, 3.05) is 6.61 Å². The number of hydrogen-bond acceptors (Lipinski definition) is 4. The second-order valence-corrected chi connectivity index (χ2v) is 5.23. The molecule has 0 bridgehead atoms. The van der Waals surface area contributed by atoms with E-state index in [-0.39, 0.29) is 11.4 Å². The number of hydrogen-bond donors (Lipinski definition) is 1. The molecule has 0 heterocycles. The number of nitro groups is 1. The van der Waals surface area contributed by atoms with Gasteiger partial charge in [-0.3, -0.25) is 10.1 Å². The number of ether oxygens (including phenoxy) is 1. The van der Waals surface area contributed by atoms with E-state index in [1.165, 1.54) is 56.7 Å². The van der Waals surface area contributed by atoms with Gasteiger partial charge in [0.15, 0.2) is 5.75 Å². The highest BCUT2D eigenvalue weighted by Crippen LogP contribution is 2.29. The summed E-state index contributed by atoms with van der Waals surface area (Å²) in [6.07, 6.45) is 9.83. The van der Waals surface area contributed by atoms with Gasteiger partial charge < -0.3 is 9.84 Å². The molecule has 0 saturated carbocycles. The van der Waals surface area contributed by atoms with Crippen molar-refractivity contribution in [3.05, 3.63) is 28.3 Å². The molecule has 1 aromatic carbocycles. The van der Waals surface area contributed by atoms with Crippen LogP contribution in [-0.4, -0.2) is 16.6 Å². The third-order valence-electron chi connectivity index (χ3n) is 3.41. The van der Waals surface area contributed by atoms with E-state index in [0.717, 1.165) is 12.8 Å². The smallest absolute Gasteiger partial charge is 0.310 e. The average molecular weight is 295 g/mol. The third-order valence-corrected chi connectivity index (χ3v) is 3.41. The fraction of sp³-hybridized carbons (Fsp3) is 0.625. The van der Waals surface area contributed by atoms with E-state index in [0.29, 0.717) is 12.4 Å². The molecule has 0 radical (unpaired) electrons. The van der Waals surface area contributed by atoms with Gasteiger partial charge in [0.2, 0.25) is 0 Å². The van der Waals surface area contributed by atoms with E-state index in [1.54, 1.807) is 0 Å². The van der Waals surface area contributed by atoms with Crippen molar-refractivity contribution in [3.8, 4) is 11.5 Å². The van der Waals surface area contributed by atoms with Crippen molar-refractivity contribution in [2.24, 2.45) is 0 Å². The summed E-state index contributed by atoms with van der Waals surface area (Å²) < 4.78 is 5.48. The Morgan fingerprint density at radius 2 is 1.71 bits per heavy atom. The third kappa shape index (κ3) is 6.97. The summed E-state index contributed by atoms with van der Waals surface area (Å²) in [5.74, 6) is 0.120. The minimum absolute atomic E-state index is 0.297. The van der Waals surface area contributed by atoms with Gasteiger partial charge >= 0.3 is 5.69 Å². The van der Waals surface area contributed by atoms with Gasteiger partial charge in [-0.1, -0.05) is 51.9 Å². The molecule has 0 aliphatic heterocycles. The van der Waals surface area contributed by atoms with Gasteiger partial charge in [-0.25, -0.2) is 0 Å². The predicted octanol–water partition coefficient (Wildman–Crippen LogP) is 4.82. The Morgan fingerprint density at radius 1 is 1.10 bits per heavy atom. The number of nitro benzene ring substituents is 1. The van der Waals surface area contributed by atoms with Gasteiger partial charge in [0.05, 0.1) is 11.5 Å². The van der Waals surface area contributed by atoms with Crippen molar-refractivity contribution < 1.29 is 14.8 Å². The van der Waals surface area contributed by atoms with E-state index in [1.807, 2.05) is 0 Å². The molecule has 0 aromatic heterocycles. The maximum Gasteiger partial charge on any atom is 0.310 e. The average Bonchev–Trinajstić information content (AvgIpc) is 2.45. The molecule has 5 heteroatoms. The number of aromatic hydroxyl groups is 1. The van der Waals surface area contributed by atoms with Crippen molar-refractivity contribution in [1.82, 2.24) is 0 Å². The van der Waals surface area contributed by atoms with Crippen LogP contribution in [0.1, 0.15) is 58.3 Å². The zero-order chi connectivity index (χ0) is 15.5. The lowest BCUT2D eigenvalue weighted by molar-refractivity contribution is -0.385. The van der Waals surface area contributed by atoms with Crippen molar-refractivity contribution >= 4 is 5.69 Å². The monoisotopic (exact) mass is 295 g/mol. The first kappa shape index (κ1) is 17.3. The fourth-order valence-corrected chi connectivity index (χ4v) is 2.17. The molecule has 1 rings (SSSR count). The first-order valence-electron chi connectivity index (χ1n) is 7.75. The van der Waals surface area contributed by atoms with Crippen molar-refractivity contribution in [2.45, 2.75) is 58.3 Å². The fourth-order valence-electron chi connectivity index (χ4n) is 2.17. The van der Waals surface area contributed by atoms with Gasteiger partial charge in [0.25, 0.3) is 0 Å². The van der Waals surface area contributed by atoms with Crippen LogP contribution in [-0.2, 0) is 0 Å². The van der Waals surface area contributed by atoms with Gasteiger partial charge in [-0.15, -0.1) is 0 Å². The summed E-state index contributed by atoms with van der Waals surface area (Å²) in [4.78, 5) is 9.95. The molecule has 0 aliphatic carbocycles. The highest BCUT2D eigenvalue weighted by atomic mass is 16.6. The first-order valence-corrected chi connectivity index (χ1v) is 7.75. The van der Waals surface area contributed by atoms with Crippen LogP contribution in [0.3, 0.4) is 0 Å². The topological polar surface area (TPSA) is 72.6 Å². The largest absolute Gasteiger partial charge is 0.502 e. The molecule has 0 unspecified atom stereocenters. The Labute approximate surface area is 126 Å². The summed E-state index contributed by atoms with van der Waals surface area (Å²) in [5, 5.41) is 20.0. The van der Waals surface area contributed by atoms with Crippen LogP contribution in [0, 0.1) is 10.1 Å². The summed E-state index contributed by atoms with van der Waals surface area (Å²) in [6, 6.07) is 4.07. The zero-order valence-electron chi connectivity index (χ0n) is 12.7. The molecule has 0 saturated heterocycles. The van der Waals surface area contributed by atoms with E-state index in [9.17, 15) is 15.2 Å². The number of rotatable bonds is 11. The van der Waals surface area contributed by atoms with Gasteiger partial charge in [-0.2, -0.15) is 0 Å². The van der Waals surface area contributed by atoms with Crippen LogP contribution < -0.4 is 4.74 Å². The Balaban J connectivity index is 2.13. The summed E-state index contributed by atoms with van der Waals surface area (Å²) in [7, 11) is 0. The molecule has 0 atom stereocenters. The molecule has 0 amide bonds. The standard InChI is InChI=1S/C16H25NO4/c1-2-3-4-5-6-7-8-9-12-21-14-10-11-15(17(19)20)16(18)13-14/h10-11,13,18H,2-9,12H2,1H3. The lowest BCUT2D eigenvalue weighted by Crippen LogP contribution is -1.98. The Morgan fingerprint density at radius 3 is 2.29 bits per heavy atom. The first-order chi connectivity index (χ1) is 10.1. The minimum atomic E-state index is -0.613. The predicted molar refractivity (Wildman–Crippen MR) is 82.9 cm³/mol. The zero-order valence-corrected chi connectivity index (χ0v) is 12.7.